The maximum atomic E-state index is 12.2. The zero-order valence-electron chi connectivity index (χ0n) is 11.6. The van der Waals surface area contributed by atoms with E-state index < -0.39 is 0 Å². The van der Waals surface area contributed by atoms with Crippen molar-refractivity contribution in [3.8, 4) is 0 Å². The fourth-order valence-electron chi connectivity index (χ4n) is 2.09. The first-order valence-electron chi connectivity index (χ1n) is 6.76. The van der Waals surface area contributed by atoms with E-state index in [1.165, 1.54) is 24.2 Å². The van der Waals surface area contributed by atoms with Crippen molar-refractivity contribution >= 4 is 22.4 Å². The van der Waals surface area contributed by atoms with Gasteiger partial charge in [-0.1, -0.05) is 11.3 Å². The summed E-state index contributed by atoms with van der Waals surface area (Å²) in [5, 5.41) is 12.1. The third-order valence-corrected chi connectivity index (χ3v) is 4.10. The van der Waals surface area contributed by atoms with Gasteiger partial charge in [0.05, 0.1) is 0 Å². The number of likely N-dealkylation sites (tertiary alicyclic amines) is 1. The molecule has 0 aromatic carbocycles. The molecule has 1 saturated heterocycles. The van der Waals surface area contributed by atoms with Crippen molar-refractivity contribution in [2.45, 2.75) is 19.8 Å². The summed E-state index contributed by atoms with van der Waals surface area (Å²) < 4.78 is 0. The molecule has 1 aromatic heterocycles. The number of hydrogen-bond acceptors (Lipinski definition) is 6. The normalized spacial score (nSPS) is 15.7. The molecule has 1 amide bonds. The molecule has 19 heavy (non-hydrogen) atoms. The number of rotatable bonds is 6. The molecule has 0 bridgehead atoms. The summed E-state index contributed by atoms with van der Waals surface area (Å²) in [6.45, 7) is 6.78. The molecule has 0 saturated carbocycles. The molecule has 6 nitrogen and oxygen atoms in total. The number of nitrogens with zero attached hydrogens (tertiary/aromatic N) is 4. The minimum atomic E-state index is -0.0409. The van der Waals surface area contributed by atoms with Gasteiger partial charge in [0.15, 0.2) is 0 Å². The predicted octanol–water partition coefficient (Wildman–Crippen LogP) is 1.14. The second kappa shape index (κ2) is 6.81. The van der Waals surface area contributed by atoms with E-state index in [0.29, 0.717) is 10.1 Å². The van der Waals surface area contributed by atoms with E-state index in [1.807, 2.05) is 14.0 Å². The molecule has 2 heterocycles. The molecule has 2 rings (SSSR count). The molecular weight excluding hydrogens is 262 g/mol. The van der Waals surface area contributed by atoms with Crippen LogP contribution in [0, 0.1) is 0 Å². The van der Waals surface area contributed by atoms with Gasteiger partial charge >= 0.3 is 0 Å². The minimum absolute atomic E-state index is 0.0409. The summed E-state index contributed by atoms with van der Waals surface area (Å²) in [5.41, 5.74) is 0. The highest BCUT2D eigenvalue weighted by Gasteiger charge is 2.18. The van der Waals surface area contributed by atoms with Crippen LogP contribution in [-0.2, 0) is 0 Å². The van der Waals surface area contributed by atoms with Crippen molar-refractivity contribution in [1.29, 1.82) is 0 Å². The lowest BCUT2D eigenvalue weighted by Crippen LogP contribution is -2.35. The summed E-state index contributed by atoms with van der Waals surface area (Å²) in [5.74, 6) is -0.0409. The van der Waals surface area contributed by atoms with Crippen molar-refractivity contribution < 1.29 is 4.79 Å². The topological polar surface area (TPSA) is 61.4 Å². The summed E-state index contributed by atoms with van der Waals surface area (Å²) in [6.07, 6.45) is 2.56. The van der Waals surface area contributed by atoms with Gasteiger partial charge in [-0.25, -0.2) is 0 Å². The molecule has 0 atom stereocenters. The fourth-order valence-corrected chi connectivity index (χ4v) is 2.90. The summed E-state index contributed by atoms with van der Waals surface area (Å²) >= 11 is 1.31. The highest BCUT2D eigenvalue weighted by atomic mass is 32.1. The molecule has 1 fully saturated rings. The van der Waals surface area contributed by atoms with E-state index in [4.69, 9.17) is 0 Å². The van der Waals surface area contributed by atoms with Crippen LogP contribution in [0.25, 0.3) is 0 Å². The van der Waals surface area contributed by atoms with Crippen LogP contribution in [0.2, 0.25) is 0 Å². The zero-order valence-corrected chi connectivity index (χ0v) is 12.4. The quantitative estimate of drug-likeness (QED) is 0.848. The lowest BCUT2D eigenvalue weighted by atomic mass is 10.4. The summed E-state index contributed by atoms with van der Waals surface area (Å²) in [6, 6.07) is 0. The van der Waals surface area contributed by atoms with Crippen molar-refractivity contribution in [2.75, 3.05) is 45.1 Å². The first-order valence-corrected chi connectivity index (χ1v) is 7.57. The van der Waals surface area contributed by atoms with Gasteiger partial charge in [-0.15, -0.1) is 10.2 Å². The Balaban J connectivity index is 1.83. The van der Waals surface area contributed by atoms with E-state index in [0.717, 1.165) is 32.7 Å². The van der Waals surface area contributed by atoms with E-state index in [9.17, 15) is 4.79 Å². The Hall–Kier alpha value is -1.21. The number of carbonyl (C=O) groups excluding carboxylic acids is 1. The van der Waals surface area contributed by atoms with Crippen LogP contribution < -0.4 is 5.32 Å². The number of anilines is 1. The average Bonchev–Trinajstić information content (AvgIpc) is 3.06. The molecule has 0 unspecified atom stereocenters. The van der Waals surface area contributed by atoms with E-state index in [2.05, 4.69) is 20.4 Å². The molecule has 106 valence electrons. The van der Waals surface area contributed by atoms with Crippen LogP contribution in [0.1, 0.15) is 29.6 Å². The maximum absolute atomic E-state index is 12.2. The minimum Gasteiger partial charge on any atom is -0.360 e. The van der Waals surface area contributed by atoms with Gasteiger partial charge in [0, 0.05) is 26.7 Å². The lowest BCUT2D eigenvalue weighted by Gasteiger charge is -2.20. The average molecular weight is 283 g/mol. The number of likely N-dealkylation sites (N-methyl/N-ethyl adjacent to an activating group) is 1. The second-order valence-electron chi connectivity index (χ2n) is 4.72. The van der Waals surface area contributed by atoms with E-state index in [-0.39, 0.29) is 5.91 Å². The largest absolute Gasteiger partial charge is 0.360 e. The standard InChI is InChI=1S/C12H21N5OS/c1-3-13-12-15-14-10(19-12)11(18)16(2)8-9-17-6-4-5-7-17/h3-9H2,1-2H3,(H,13,15). The van der Waals surface area contributed by atoms with Gasteiger partial charge < -0.3 is 15.1 Å². The zero-order chi connectivity index (χ0) is 13.7. The van der Waals surface area contributed by atoms with Gasteiger partial charge in [0.1, 0.15) is 0 Å². The van der Waals surface area contributed by atoms with Gasteiger partial charge in [-0.2, -0.15) is 0 Å². The number of hydrogen-bond donors (Lipinski definition) is 1. The molecule has 0 radical (unpaired) electrons. The highest BCUT2D eigenvalue weighted by Crippen LogP contribution is 2.16. The maximum Gasteiger partial charge on any atom is 0.284 e. The molecule has 1 aliphatic heterocycles. The Morgan fingerprint density at radius 3 is 2.84 bits per heavy atom. The van der Waals surface area contributed by atoms with Crippen molar-refractivity contribution in [2.24, 2.45) is 0 Å². The SMILES string of the molecule is CCNc1nnc(C(=O)N(C)CCN2CCCC2)s1. The lowest BCUT2D eigenvalue weighted by molar-refractivity contribution is 0.0781. The number of carbonyl (C=O) groups is 1. The van der Waals surface area contributed by atoms with Gasteiger partial charge in [0.25, 0.3) is 5.91 Å². The van der Waals surface area contributed by atoms with Crippen molar-refractivity contribution in [1.82, 2.24) is 20.0 Å². The number of aromatic nitrogens is 2. The Labute approximate surface area is 117 Å². The van der Waals surface area contributed by atoms with Crippen molar-refractivity contribution in [3.05, 3.63) is 5.01 Å². The molecule has 1 aromatic rings. The van der Waals surface area contributed by atoms with Crippen LogP contribution in [0.4, 0.5) is 5.13 Å². The van der Waals surface area contributed by atoms with Crippen LogP contribution in [0.15, 0.2) is 0 Å². The number of nitrogens with one attached hydrogen (secondary N) is 1. The van der Waals surface area contributed by atoms with E-state index >= 15 is 0 Å². The first-order chi connectivity index (χ1) is 9.20. The highest BCUT2D eigenvalue weighted by molar-refractivity contribution is 7.17. The molecule has 0 aliphatic carbocycles. The molecular formula is C12H21N5OS. The molecule has 7 heteroatoms. The second-order valence-corrected chi connectivity index (χ2v) is 5.70. The molecule has 0 spiro atoms. The van der Waals surface area contributed by atoms with Crippen LogP contribution >= 0.6 is 11.3 Å². The Kier molecular flexibility index (Phi) is 5.09. The van der Waals surface area contributed by atoms with Gasteiger partial charge in [0.2, 0.25) is 10.1 Å². The Bertz CT molecular complexity index is 416. The summed E-state index contributed by atoms with van der Waals surface area (Å²) in [7, 11) is 1.83. The predicted molar refractivity (Wildman–Crippen MR) is 76.7 cm³/mol. The summed E-state index contributed by atoms with van der Waals surface area (Å²) in [4.78, 5) is 16.3. The Morgan fingerprint density at radius 1 is 1.42 bits per heavy atom. The number of amides is 1. The van der Waals surface area contributed by atoms with Crippen LogP contribution in [0.3, 0.4) is 0 Å². The first kappa shape index (κ1) is 14.2. The third kappa shape index (κ3) is 3.87. The van der Waals surface area contributed by atoms with Crippen molar-refractivity contribution in [3.63, 3.8) is 0 Å². The van der Waals surface area contributed by atoms with E-state index in [1.54, 1.807) is 4.90 Å². The van der Waals surface area contributed by atoms with Crippen LogP contribution in [-0.4, -0.2) is 65.7 Å². The van der Waals surface area contributed by atoms with Gasteiger partial charge in [-0.05, 0) is 32.9 Å². The fraction of sp³-hybridized carbons (Fsp3) is 0.750. The molecule has 1 N–H and O–H groups in total. The smallest absolute Gasteiger partial charge is 0.284 e. The monoisotopic (exact) mass is 283 g/mol. The van der Waals surface area contributed by atoms with Crippen LogP contribution in [0.5, 0.6) is 0 Å². The van der Waals surface area contributed by atoms with Gasteiger partial charge in [-0.3, -0.25) is 4.79 Å². The Morgan fingerprint density at radius 2 is 2.16 bits per heavy atom. The molecule has 1 aliphatic rings. The third-order valence-electron chi connectivity index (χ3n) is 3.23.